The summed E-state index contributed by atoms with van der Waals surface area (Å²) < 4.78 is 5.40. The standard InChI is InChI=1S/C14H27N3O2/c1-14(2,3)16-13(18)15-11-4-7-17(10-11)12-5-8-19-9-6-12/h11-12H,4-10H2,1-3H3,(H2,15,16,18). The molecule has 2 rings (SSSR count). The van der Waals surface area contributed by atoms with Gasteiger partial charge in [0, 0.05) is 43.9 Å². The first kappa shape index (κ1) is 14.6. The molecular weight excluding hydrogens is 242 g/mol. The van der Waals surface area contributed by atoms with E-state index >= 15 is 0 Å². The Labute approximate surface area is 116 Å². The Hall–Kier alpha value is -0.810. The third-order valence-electron chi connectivity index (χ3n) is 3.75. The van der Waals surface area contributed by atoms with E-state index < -0.39 is 0 Å². The van der Waals surface area contributed by atoms with Gasteiger partial charge in [-0.2, -0.15) is 0 Å². The second kappa shape index (κ2) is 6.09. The van der Waals surface area contributed by atoms with Gasteiger partial charge in [-0.05, 0) is 40.0 Å². The molecular formula is C14H27N3O2. The smallest absolute Gasteiger partial charge is 0.315 e. The number of hydrogen-bond acceptors (Lipinski definition) is 3. The van der Waals surface area contributed by atoms with Crippen LogP contribution in [0.25, 0.3) is 0 Å². The quantitative estimate of drug-likeness (QED) is 0.795. The van der Waals surface area contributed by atoms with Crippen molar-refractivity contribution in [2.75, 3.05) is 26.3 Å². The fourth-order valence-corrected chi connectivity index (χ4v) is 2.85. The predicted molar refractivity (Wildman–Crippen MR) is 75.2 cm³/mol. The summed E-state index contributed by atoms with van der Waals surface area (Å²) in [6.45, 7) is 9.81. The topological polar surface area (TPSA) is 53.6 Å². The Balaban J connectivity index is 1.74. The number of urea groups is 1. The zero-order chi connectivity index (χ0) is 13.9. The van der Waals surface area contributed by atoms with E-state index in [0.717, 1.165) is 45.6 Å². The number of likely N-dealkylation sites (tertiary alicyclic amines) is 1. The van der Waals surface area contributed by atoms with Gasteiger partial charge in [-0.25, -0.2) is 4.79 Å². The minimum Gasteiger partial charge on any atom is -0.381 e. The fraction of sp³-hybridized carbons (Fsp3) is 0.929. The third-order valence-corrected chi connectivity index (χ3v) is 3.75. The third kappa shape index (κ3) is 4.66. The average molecular weight is 269 g/mol. The molecule has 0 spiro atoms. The molecule has 19 heavy (non-hydrogen) atoms. The van der Waals surface area contributed by atoms with Crippen LogP contribution in [0.4, 0.5) is 4.79 Å². The fourth-order valence-electron chi connectivity index (χ4n) is 2.85. The Morgan fingerprint density at radius 3 is 2.53 bits per heavy atom. The van der Waals surface area contributed by atoms with E-state index in [1.165, 1.54) is 0 Å². The molecule has 0 saturated carbocycles. The summed E-state index contributed by atoms with van der Waals surface area (Å²) >= 11 is 0. The van der Waals surface area contributed by atoms with E-state index in [1.807, 2.05) is 20.8 Å². The van der Waals surface area contributed by atoms with Gasteiger partial charge in [0.2, 0.25) is 0 Å². The van der Waals surface area contributed by atoms with Gasteiger partial charge in [-0.1, -0.05) is 0 Å². The average Bonchev–Trinajstić information content (AvgIpc) is 2.76. The molecule has 2 aliphatic rings. The molecule has 1 atom stereocenters. The maximum atomic E-state index is 11.8. The minimum absolute atomic E-state index is 0.0497. The van der Waals surface area contributed by atoms with Gasteiger partial charge < -0.3 is 15.4 Å². The lowest BCUT2D eigenvalue weighted by Gasteiger charge is -2.31. The molecule has 0 aromatic heterocycles. The van der Waals surface area contributed by atoms with Crippen molar-refractivity contribution in [3.63, 3.8) is 0 Å². The van der Waals surface area contributed by atoms with Gasteiger partial charge in [0.1, 0.15) is 0 Å². The maximum absolute atomic E-state index is 11.8. The van der Waals surface area contributed by atoms with Crippen LogP contribution in [0, 0.1) is 0 Å². The lowest BCUT2D eigenvalue weighted by Crippen LogP contribution is -2.50. The van der Waals surface area contributed by atoms with Crippen molar-refractivity contribution in [3.05, 3.63) is 0 Å². The molecule has 2 saturated heterocycles. The van der Waals surface area contributed by atoms with Gasteiger partial charge >= 0.3 is 6.03 Å². The molecule has 2 heterocycles. The Morgan fingerprint density at radius 1 is 1.21 bits per heavy atom. The van der Waals surface area contributed by atoms with Gasteiger partial charge in [0.25, 0.3) is 0 Å². The van der Waals surface area contributed by atoms with Crippen LogP contribution >= 0.6 is 0 Å². The molecule has 5 nitrogen and oxygen atoms in total. The number of nitrogens with one attached hydrogen (secondary N) is 2. The van der Waals surface area contributed by atoms with Crippen molar-refractivity contribution in [1.82, 2.24) is 15.5 Å². The molecule has 1 unspecified atom stereocenters. The van der Waals surface area contributed by atoms with E-state index in [0.29, 0.717) is 6.04 Å². The second-order valence-electron chi connectivity index (χ2n) is 6.67. The van der Waals surface area contributed by atoms with Crippen LogP contribution in [0.3, 0.4) is 0 Å². The van der Waals surface area contributed by atoms with E-state index in [4.69, 9.17) is 4.74 Å². The highest BCUT2D eigenvalue weighted by Gasteiger charge is 2.30. The SMILES string of the molecule is CC(C)(C)NC(=O)NC1CCN(C2CCOCC2)C1. The molecule has 0 bridgehead atoms. The Morgan fingerprint density at radius 2 is 1.89 bits per heavy atom. The molecule has 0 radical (unpaired) electrons. The molecule has 2 N–H and O–H groups in total. The summed E-state index contributed by atoms with van der Waals surface area (Å²) in [5.74, 6) is 0. The first-order valence-corrected chi connectivity index (χ1v) is 7.34. The van der Waals surface area contributed by atoms with Crippen molar-refractivity contribution in [1.29, 1.82) is 0 Å². The molecule has 0 aliphatic carbocycles. The predicted octanol–water partition coefficient (Wildman–Crippen LogP) is 1.34. The maximum Gasteiger partial charge on any atom is 0.315 e. The van der Waals surface area contributed by atoms with Crippen molar-refractivity contribution in [3.8, 4) is 0 Å². The van der Waals surface area contributed by atoms with Crippen LogP contribution in [0.1, 0.15) is 40.0 Å². The minimum atomic E-state index is -0.177. The van der Waals surface area contributed by atoms with Crippen molar-refractivity contribution >= 4 is 6.03 Å². The number of carbonyl (C=O) groups excluding carboxylic acids is 1. The number of carbonyl (C=O) groups is 1. The van der Waals surface area contributed by atoms with Crippen LogP contribution in [0.5, 0.6) is 0 Å². The Bertz CT molecular complexity index is 308. The first-order chi connectivity index (χ1) is 8.94. The highest BCUT2D eigenvalue weighted by molar-refractivity contribution is 5.75. The summed E-state index contributed by atoms with van der Waals surface area (Å²) in [4.78, 5) is 14.3. The largest absolute Gasteiger partial charge is 0.381 e. The van der Waals surface area contributed by atoms with Crippen molar-refractivity contribution in [2.45, 2.75) is 57.7 Å². The van der Waals surface area contributed by atoms with Crippen molar-refractivity contribution < 1.29 is 9.53 Å². The highest BCUT2D eigenvalue weighted by atomic mass is 16.5. The lowest BCUT2D eigenvalue weighted by molar-refractivity contribution is 0.0417. The van der Waals surface area contributed by atoms with Crippen molar-refractivity contribution in [2.24, 2.45) is 0 Å². The van der Waals surface area contributed by atoms with Crippen LogP contribution in [0.2, 0.25) is 0 Å². The number of nitrogens with zero attached hydrogens (tertiary/aromatic N) is 1. The van der Waals surface area contributed by atoms with Crippen LogP contribution in [0.15, 0.2) is 0 Å². The molecule has 5 heteroatoms. The summed E-state index contributed by atoms with van der Waals surface area (Å²) in [5.41, 5.74) is -0.177. The molecule has 2 amide bonds. The molecule has 110 valence electrons. The molecule has 2 fully saturated rings. The van der Waals surface area contributed by atoms with Gasteiger partial charge in [0.15, 0.2) is 0 Å². The van der Waals surface area contributed by atoms with E-state index in [1.54, 1.807) is 0 Å². The van der Waals surface area contributed by atoms with E-state index in [-0.39, 0.29) is 17.6 Å². The van der Waals surface area contributed by atoms with Crippen LogP contribution in [-0.2, 0) is 4.74 Å². The zero-order valence-electron chi connectivity index (χ0n) is 12.4. The molecule has 0 aromatic carbocycles. The second-order valence-corrected chi connectivity index (χ2v) is 6.67. The van der Waals surface area contributed by atoms with Gasteiger partial charge in [-0.3, -0.25) is 4.90 Å². The number of ether oxygens (including phenoxy) is 1. The number of rotatable bonds is 2. The molecule has 0 aromatic rings. The molecule has 2 aliphatic heterocycles. The Kier molecular flexibility index (Phi) is 4.68. The van der Waals surface area contributed by atoms with Gasteiger partial charge in [0.05, 0.1) is 0 Å². The summed E-state index contributed by atoms with van der Waals surface area (Å²) in [5, 5.41) is 6.03. The monoisotopic (exact) mass is 269 g/mol. The van der Waals surface area contributed by atoms with E-state index in [2.05, 4.69) is 15.5 Å². The van der Waals surface area contributed by atoms with Crippen LogP contribution < -0.4 is 10.6 Å². The van der Waals surface area contributed by atoms with Crippen LogP contribution in [-0.4, -0.2) is 54.9 Å². The first-order valence-electron chi connectivity index (χ1n) is 7.34. The number of hydrogen-bond donors (Lipinski definition) is 2. The summed E-state index contributed by atoms with van der Waals surface area (Å²) in [6, 6.07) is 0.878. The summed E-state index contributed by atoms with van der Waals surface area (Å²) in [7, 11) is 0. The highest BCUT2D eigenvalue weighted by Crippen LogP contribution is 2.20. The zero-order valence-corrected chi connectivity index (χ0v) is 12.4. The summed E-state index contributed by atoms with van der Waals surface area (Å²) in [6.07, 6.45) is 3.30. The number of amides is 2. The lowest BCUT2D eigenvalue weighted by atomic mass is 10.1. The van der Waals surface area contributed by atoms with E-state index in [9.17, 15) is 4.79 Å². The van der Waals surface area contributed by atoms with Gasteiger partial charge in [-0.15, -0.1) is 0 Å². The normalized spacial score (nSPS) is 26.4.